The van der Waals surface area contributed by atoms with Gasteiger partial charge in [-0.1, -0.05) is 26.0 Å². The summed E-state index contributed by atoms with van der Waals surface area (Å²) in [5, 5.41) is 3.34. The lowest BCUT2D eigenvalue weighted by Crippen LogP contribution is -2.13. The molecule has 0 atom stereocenters. The van der Waals surface area contributed by atoms with Gasteiger partial charge in [0.25, 0.3) is 0 Å². The van der Waals surface area contributed by atoms with Gasteiger partial charge in [-0.25, -0.2) is 0 Å². The lowest BCUT2D eigenvalue weighted by atomic mass is 10.2. The summed E-state index contributed by atoms with van der Waals surface area (Å²) in [5.74, 6) is 2.81. The van der Waals surface area contributed by atoms with Crippen molar-refractivity contribution in [3.63, 3.8) is 0 Å². The summed E-state index contributed by atoms with van der Waals surface area (Å²) in [6.07, 6.45) is 2.18. The molecule has 0 spiro atoms. The van der Waals surface area contributed by atoms with Crippen molar-refractivity contribution in [2.75, 3.05) is 6.54 Å². The molecule has 0 unspecified atom stereocenters. The van der Waals surface area contributed by atoms with Gasteiger partial charge in [-0.15, -0.1) is 0 Å². The van der Waals surface area contributed by atoms with Gasteiger partial charge in [-0.2, -0.15) is 0 Å². The zero-order chi connectivity index (χ0) is 15.1. The Morgan fingerprint density at radius 2 is 1.90 bits per heavy atom. The van der Waals surface area contributed by atoms with E-state index in [2.05, 4.69) is 37.4 Å². The Bertz CT molecular complexity index is 543. The molecule has 0 bridgehead atoms. The average molecular weight is 287 g/mol. The van der Waals surface area contributed by atoms with Gasteiger partial charge >= 0.3 is 0 Å². The lowest BCUT2D eigenvalue weighted by Gasteiger charge is -2.05. The van der Waals surface area contributed by atoms with Gasteiger partial charge in [-0.05, 0) is 50.1 Å². The first kappa shape index (κ1) is 15.6. The Morgan fingerprint density at radius 1 is 1.14 bits per heavy atom. The van der Waals surface area contributed by atoms with Crippen LogP contribution in [0, 0.1) is 6.92 Å². The number of hydrogen-bond acceptors (Lipinski definition) is 3. The summed E-state index contributed by atoms with van der Waals surface area (Å²) in [5.41, 5.74) is 2.44. The van der Waals surface area contributed by atoms with Gasteiger partial charge in [0.1, 0.15) is 23.9 Å². The maximum Gasteiger partial charge on any atom is 0.119 e. The van der Waals surface area contributed by atoms with E-state index in [1.54, 1.807) is 0 Å². The Hall–Kier alpha value is -1.74. The molecule has 0 saturated heterocycles. The van der Waals surface area contributed by atoms with Crippen molar-refractivity contribution in [1.82, 2.24) is 5.32 Å². The summed E-state index contributed by atoms with van der Waals surface area (Å²) in [7, 11) is 0. The van der Waals surface area contributed by atoms with E-state index in [0.29, 0.717) is 6.61 Å². The highest BCUT2D eigenvalue weighted by atomic mass is 16.5. The highest BCUT2D eigenvalue weighted by Gasteiger charge is 2.08. The molecule has 0 aliphatic carbocycles. The van der Waals surface area contributed by atoms with E-state index in [4.69, 9.17) is 9.15 Å². The molecule has 1 N–H and O–H groups in total. The Balaban J connectivity index is 1.89. The molecular weight excluding hydrogens is 262 g/mol. The fourth-order valence-electron chi connectivity index (χ4n) is 2.19. The van der Waals surface area contributed by atoms with Crippen LogP contribution in [0.5, 0.6) is 5.75 Å². The number of ether oxygens (including phenoxy) is 1. The smallest absolute Gasteiger partial charge is 0.119 e. The molecule has 2 rings (SSSR count). The molecule has 2 aromatic rings. The normalized spacial score (nSPS) is 10.8. The first-order chi connectivity index (χ1) is 10.2. The molecule has 0 amide bonds. The van der Waals surface area contributed by atoms with Gasteiger partial charge in [0.15, 0.2) is 0 Å². The van der Waals surface area contributed by atoms with Crippen LogP contribution >= 0.6 is 0 Å². The molecule has 1 aromatic carbocycles. The zero-order valence-electron chi connectivity index (χ0n) is 13.2. The average Bonchev–Trinajstić information content (AvgIpc) is 2.86. The van der Waals surface area contributed by atoms with Crippen molar-refractivity contribution in [2.45, 2.75) is 46.8 Å². The Labute approximate surface area is 127 Å². The minimum absolute atomic E-state index is 0.550. The van der Waals surface area contributed by atoms with Crippen LogP contribution in [-0.2, 0) is 19.6 Å². The fraction of sp³-hybridized carbons (Fsp3) is 0.444. The summed E-state index contributed by atoms with van der Waals surface area (Å²) in [6, 6.07) is 10.4. The van der Waals surface area contributed by atoms with Gasteiger partial charge in [0.2, 0.25) is 0 Å². The van der Waals surface area contributed by atoms with Crippen LogP contribution in [0.4, 0.5) is 0 Å². The highest BCUT2D eigenvalue weighted by molar-refractivity contribution is 5.28. The van der Waals surface area contributed by atoms with Gasteiger partial charge < -0.3 is 14.5 Å². The second kappa shape index (κ2) is 7.89. The van der Waals surface area contributed by atoms with Crippen LogP contribution in [0.1, 0.15) is 42.9 Å². The molecule has 0 aliphatic rings. The van der Waals surface area contributed by atoms with E-state index in [-0.39, 0.29) is 0 Å². The van der Waals surface area contributed by atoms with E-state index in [1.165, 1.54) is 5.56 Å². The summed E-state index contributed by atoms with van der Waals surface area (Å²) >= 11 is 0. The summed E-state index contributed by atoms with van der Waals surface area (Å²) in [6.45, 7) is 8.63. The molecule has 1 heterocycles. The van der Waals surface area contributed by atoms with Gasteiger partial charge in [0.05, 0.1) is 6.54 Å². The quantitative estimate of drug-likeness (QED) is 0.738. The molecule has 21 heavy (non-hydrogen) atoms. The van der Waals surface area contributed by atoms with Gasteiger partial charge in [-0.3, -0.25) is 0 Å². The SMILES string of the molecule is CCCNCc1cc(COc2ccc(CC)cc2)c(C)o1. The predicted molar refractivity (Wildman–Crippen MR) is 85.6 cm³/mol. The first-order valence-electron chi connectivity index (χ1n) is 7.73. The largest absolute Gasteiger partial charge is 0.489 e. The topological polar surface area (TPSA) is 34.4 Å². The molecule has 0 aliphatic heterocycles. The molecule has 3 heteroatoms. The Kier molecular flexibility index (Phi) is 5.88. The van der Waals surface area contributed by atoms with Crippen LogP contribution in [0.2, 0.25) is 0 Å². The number of nitrogens with one attached hydrogen (secondary N) is 1. The summed E-state index contributed by atoms with van der Waals surface area (Å²) in [4.78, 5) is 0. The second-order valence-corrected chi connectivity index (χ2v) is 5.26. The number of furan rings is 1. The van der Waals surface area contributed by atoms with Crippen LogP contribution in [0.15, 0.2) is 34.7 Å². The van der Waals surface area contributed by atoms with Crippen LogP contribution in [-0.4, -0.2) is 6.54 Å². The monoisotopic (exact) mass is 287 g/mol. The minimum Gasteiger partial charge on any atom is -0.489 e. The van der Waals surface area contributed by atoms with E-state index in [0.717, 1.165) is 48.8 Å². The number of hydrogen-bond donors (Lipinski definition) is 1. The predicted octanol–water partition coefficient (Wildman–Crippen LogP) is 4.23. The zero-order valence-corrected chi connectivity index (χ0v) is 13.2. The van der Waals surface area contributed by atoms with Crippen molar-refractivity contribution in [2.24, 2.45) is 0 Å². The molecule has 0 fully saturated rings. The Morgan fingerprint density at radius 3 is 2.57 bits per heavy atom. The molecular formula is C18H25NO2. The van der Waals surface area contributed by atoms with Crippen molar-refractivity contribution >= 4 is 0 Å². The van der Waals surface area contributed by atoms with Crippen molar-refractivity contribution in [3.8, 4) is 5.75 Å². The van der Waals surface area contributed by atoms with Crippen molar-refractivity contribution in [3.05, 3.63) is 53.0 Å². The van der Waals surface area contributed by atoms with Crippen molar-refractivity contribution < 1.29 is 9.15 Å². The standard InChI is InChI=1S/C18H25NO2/c1-4-10-19-12-18-11-16(14(3)21-18)13-20-17-8-6-15(5-2)7-9-17/h6-9,11,19H,4-5,10,12-13H2,1-3H3. The molecule has 0 saturated carbocycles. The number of aryl methyl sites for hydroxylation is 2. The maximum atomic E-state index is 5.83. The van der Waals surface area contributed by atoms with E-state index in [1.807, 2.05) is 19.1 Å². The molecule has 0 radical (unpaired) electrons. The lowest BCUT2D eigenvalue weighted by molar-refractivity contribution is 0.303. The third-order valence-electron chi connectivity index (χ3n) is 3.52. The second-order valence-electron chi connectivity index (χ2n) is 5.26. The molecule has 1 aromatic heterocycles. The fourth-order valence-corrected chi connectivity index (χ4v) is 2.19. The van der Waals surface area contributed by atoms with Crippen LogP contribution in [0.3, 0.4) is 0 Å². The third kappa shape index (κ3) is 4.64. The number of benzene rings is 1. The van der Waals surface area contributed by atoms with Crippen molar-refractivity contribution in [1.29, 1.82) is 0 Å². The first-order valence-corrected chi connectivity index (χ1v) is 7.73. The summed E-state index contributed by atoms with van der Waals surface area (Å²) < 4.78 is 11.6. The third-order valence-corrected chi connectivity index (χ3v) is 3.52. The number of rotatable bonds is 8. The molecule has 114 valence electrons. The van der Waals surface area contributed by atoms with Gasteiger partial charge in [0, 0.05) is 5.56 Å². The van der Waals surface area contributed by atoms with Crippen LogP contribution < -0.4 is 10.1 Å². The maximum absolute atomic E-state index is 5.83. The van der Waals surface area contributed by atoms with Crippen LogP contribution in [0.25, 0.3) is 0 Å². The molecule has 3 nitrogen and oxygen atoms in total. The van der Waals surface area contributed by atoms with E-state index < -0.39 is 0 Å². The minimum atomic E-state index is 0.550. The highest BCUT2D eigenvalue weighted by Crippen LogP contribution is 2.19. The van der Waals surface area contributed by atoms with E-state index in [9.17, 15) is 0 Å². The van der Waals surface area contributed by atoms with E-state index >= 15 is 0 Å².